The third kappa shape index (κ3) is 3.68. The van der Waals surface area contributed by atoms with E-state index in [1.807, 2.05) is 0 Å². The maximum Gasteiger partial charge on any atom is 0.315 e. The van der Waals surface area contributed by atoms with E-state index < -0.39 is 6.04 Å². The van der Waals surface area contributed by atoms with Gasteiger partial charge in [0, 0.05) is 23.6 Å². The highest BCUT2D eigenvalue weighted by molar-refractivity contribution is 9.10. The second-order valence-electron chi connectivity index (χ2n) is 6.06. The number of benzene rings is 1. The maximum absolute atomic E-state index is 12.8. The van der Waals surface area contributed by atoms with Crippen LogP contribution in [0.25, 0.3) is 0 Å². The standard InChI is InChI=1S/C17H19BrN4O3/c1-2-6-19-17(25)20-11-5-7-22-14(9-11)15(23)21-13-4-3-10(18)8-12(13)16(22)24/h2-4,8,11,14H,1,5-7,9H2,(H,21,23)(H2,19,20,25)/t11-,14-/m0/s1. The zero-order valence-corrected chi connectivity index (χ0v) is 15.1. The first kappa shape index (κ1) is 17.5. The van der Waals surface area contributed by atoms with Crippen molar-refractivity contribution in [2.45, 2.75) is 24.9 Å². The fraction of sp³-hybridized carbons (Fsp3) is 0.353. The van der Waals surface area contributed by atoms with Gasteiger partial charge in [-0.2, -0.15) is 0 Å². The van der Waals surface area contributed by atoms with Gasteiger partial charge in [-0.15, -0.1) is 6.58 Å². The van der Waals surface area contributed by atoms with Crippen molar-refractivity contribution >= 4 is 39.5 Å². The van der Waals surface area contributed by atoms with Gasteiger partial charge < -0.3 is 20.9 Å². The number of carbonyl (C=O) groups excluding carboxylic acids is 3. The molecule has 7 nitrogen and oxygen atoms in total. The lowest BCUT2D eigenvalue weighted by Crippen LogP contribution is -2.56. The summed E-state index contributed by atoms with van der Waals surface area (Å²) in [5.41, 5.74) is 0.987. The van der Waals surface area contributed by atoms with Crippen LogP contribution in [-0.2, 0) is 4.79 Å². The Hall–Kier alpha value is -2.35. The molecule has 3 rings (SSSR count). The quantitative estimate of drug-likeness (QED) is 0.669. The van der Waals surface area contributed by atoms with E-state index in [4.69, 9.17) is 0 Å². The summed E-state index contributed by atoms with van der Waals surface area (Å²) in [7, 11) is 0. The summed E-state index contributed by atoms with van der Waals surface area (Å²) in [6, 6.07) is 4.14. The molecule has 1 aromatic carbocycles. The van der Waals surface area contributed by atoms with Crippen LogP contribution in [0.4, 0.5) is 10.5 Å². The molecule has 1 saturated heterocycles. The third-order valence-electron chi connectivity index (χ3n) is 4.38. The van der Waals surface area contributed by atoms with E-state index in [1.54, 1.807) is 29.2 Å². The van der Waals surface area contributed by atoms with Crippen molar-refractivity contribution in [2.24, 2.45) is 0 Å². The maximum atomic E-state index is 12.8. The Bertz CT molecular complexity index is 737. The molecule has 1 aromatic rings. The van der Waals surface area contributed by atoms with E-state index in [-0.39, 0.29) is 23.9 Å². The molecule has 2 atom stereocenters. The SMILES string of the molecule is C=CCNC(=O)N[C@H]1CCN2C(=O)c3cc(Br)ccc3NC(=O)[C@@H]2C1. The van der Waals surface area contributed by atoms with Crippen LogP contribution in [0.2, 0.25) is 0 Å². The summed E-state index contributed by atoms with van der Waals surface area (Å²) in [4.78, 5) is 38.8. The number of hydrogen-bond donors (Lipinski definition) is 3. The lowest BCUT2D eigenvalue weighted by Gasteiger charge is -2.37. The van der Waals surface area contributed by atoms with E-state index in [0.717, 1.165) is 4.47 Å². The molecule has 8 heteroatoms. The van der Waals surface area contributed by atoms with Crippen molar-refractivity contribution < 1.29 is 14.4 Å². The van der Waals surface area contributed by atoms with Gasteiger partial charge in [-0.3, -0.25) is 9.59 Å². The fourth-order valence-electron chi connectivity index (χ4n) is 3.16. The average molecular weight is 407 g/mol. The first-order valence-electron chi connectivity index (χ1n) is 8.06. The van der Waals surface area contributed by atoms with Gasteiger partial charge in [-0.1, -0.05) is 22.0 Å². The molecule has 0 unspecified atom stereocenters. The van der Waals surface area contributed by atoms with Gasteiger partial charge in [0.25, 0.3) is 5.91 Å². The largest absolute Gasteiger partial charge is 0.335 e. The normalized spacial score (nSPS) is 22.2. The number of anilines is 1. The van der Waals surface area contributed by atoms with Crippen LogP contribution in [0.1, 0.15) is 23.2 Å². The highest BCUT2D eigenvalue weighted by atomic mass is 79.9. The molecule has 2 heterocycles. The number of piperidine rings is 1. The minimum Gasteiger partial charge on any atom is -0.335 e. The molecule has 1 fully saturated rings. The van der Waals surface area contributed by atoms with Crippen molar-refractivity contribution in [1.82, 2.24) is 15.5 Å². The Labute approximate surface area is 154 Å². The van der Waals surface area contributed by atoms with Crippen molar-refractivity contribution in [1.29, 1.82) is 0 Å². The zero-order valence-electron chi connectivity index (χ0n) is 13.5. The topological polar surface area (TPSA) is 90.5 Å². The molecule has 25 heavy (non-hydrogen) atoms. The van der Waals surface area contributed by atoms with E-state index >= 15 is 0 Å². The smallest absolute Gasteiger partial charge is 0.315 e. The van der Waals surface area contributed by atoms with Gasteiger partial charge in [0.2, 0.25) is 5.91 Å². The number of hydrogen-bond acceptors (Lipinski definition) is 3. The molecule has 0 radical (unpaired) electrons. The molecule has 132 valence electrons. The monoisotopic (exact) mass is 406 g/mol. The number of nitrogens with zero attached hydrogens (tertiary/aromatic N) is 1. The van der Waals surface area contributed by atoms with Gasteiger partial charge in [-0.25, -0.2) is 4.79 Å². The van der Waals surface area contributed by atoms with Gasteiger partial charge in [-0.05, 0) is 31.0 Å². The van der Waals surface area contributed by atoms with Crippen molar-refractivity contribution in [3.8, 4) is 0 Å². The van der Waals surface area contributed by atoms with Gasteiger partial charge in [0.15, 0.2) is 0 Å². The van der Waals surface area contributed by atoms with Crippen LogP contribution in [0.3, 0.4) is 0 Å². The molecule has 3 N–H and O–H groups in total. The number of amides is 4. The van der Waals surface area contributed by atoms with E-state index in [2.05, 4.69) is 38.5 Å². The molecular weight excluding hydrogens is 388 g/mol. The summed E-state index contributed by atoms with van der Waals surface area (Å²) >= 11 is 3.36. The highest BCUT2D eigenvalue weighted by Gasteiger charge is 2.40. The third-order valence-corrected chi connectivity index (χ3v) is 4.87. The Kier molecular flexibility index (Phi) is 5.08. The van der Waals surface area contributed by atoms with Crippen molar-refractivity contribution in [3.05, 3.63) is 40.9 Å². The first-order valence-corrected chi connectivity index (χ1v) is 8.85. The number of fused-ring (bicyclic) bond motifs is 2. The summed E-state index contributed by atoms with van der Waals surface area (Å²) in [6.45, 7) is 4.33. The fourth-order valence-corrected chi connectivity index (χ4v) is 3.52. The molecule has 0 aromatic heterocycles. The molecule has 0 bridgehead atoms. The Morgan fingerprint density at radius 1 is 1.44 bits per heavy atom. The minimum atomic E-state index is -0.600. The minimum absolute atomic E-state index is 0.169. The summed E-state index contributed by atoms with van der Waals surface area (Å²) < 4.78 is 0.780. The Morgan fingerprint density at radius 3 is 3.00 bits per heavy atom. The lowest BCUT2D eigenvalue weighted by atomic mass is 9.96. The van der Waals surface area contributed by atoms with E-state index in [1.165, 1.54) is 0 Å². The summed E-state index contributed by atoms with van der Waals surface area (Å²) in [5, 5.41) is 8.32. The molecular formula is C17H19BrN4O3. The Balaban J connectivity index is 1.76. The molecule has 0 saturated carbocycles. The van der Waals surface area contributed by atoms with E-state index in [9.17, 15) is 14.4 Å². The molecule has 4 amide bonds. The average Bonchev–Trinajstić information content (AvgIpc) is 2.69. The predicted molar refractivity (Wildman–Crippen MR) is 97.3 cm³/mol. The molecule has 0 aliphatic carbocycles. The van der Waals surface area contributed by atoms with Crippen molar-refractivity contribution in [3.63, 3.8) is 0 Å². The number of carbonyl (C=O) groups is 3. The first-order chi connectivity index (χ1) is 12.0. The van der Waals surface area contributed by atoms with Gasteiger partial charge in [0.1, 0.15) is 6.04 Å². The lowest BCUT2D eigenvalue weighted by molar-refractivity contribution is -0.121. The second kappa shape index (κ2) is 7.26. The highest BCUT2D eigenvalue weighted by Crippen LogP contribution is 2.30. The van der Waals surface area contributed by atoms with E-state index in [0.29, 0.717) is 37.2 Å². The zero-order chi connectivity index (χ0) is 18.0. The van der Waals surface area contributed by atoms with Gasteiger partial charge in [0.05, 0.1) is 11.3 Å². The van der Waals surface area contributed by atoms with Crippen LogP contribution in [0, 0.1) is 0 Å². The van der Waals surface area contributed by atoms with Crippen molar-refractivity contribution in [2.75, 3.05) is 18.4 Å². The second-order valence-corrected chi connectivity index (χ2v) is 6.97. The van der Waals surface area contributed by atoms with Crippen LogP contribution in [-0.4, -0.2) is 47.9 Å². The Morgan fingerprint density at radius 2 is 2.24 bits per heavy atom. The summed E-state index contributed by atoms with van der Waals surface area (Å²) in [5.74, 6) is -0.401. The van der Waals surface area contributed by atoms with Crippen LogP contribution in [0.5, 0.6) is 0 Å². The van der Waals surface area contributed by atoms with Crippen LogP contribution in [0.15, 0.2) is 35.3 Å². The number of halogens is 1. The molecule has 2 aliphatic heterocycles. The van der Waals surface area contributed by atoms with Gasteiger partial charge >= 0.3 is 6.03 Å². The molecule has 2 aliphatic rings. The summed E-state index contributed by atoms with van der Waals surface area (Å²) in [6.07, 6.45) is 2.57. The number of rotatable bonds is 3. The van der Waals surface area contributed by atoms with Crippen LogP contribution >= 0.6 is 15.9 Å². The number of nitrogens with one attached hydrogen (secondary N) is 3. The molecule has 0 spiro atoms. The number of urea groups is 1. The van der Waals surface area contributed by atoms with Crippen LogP contribution < -0.4 is 16.0 Å². The predicted octanol–water partition coefficient (Wildman–Crippen LogP) is 1.86.